The third kappa shape index (κ3) is 3.02. The highest BCUT2D eigenvalue weighted by Crippen LogP contribution is 2.31. The van der Waals surface area contributed by atoms with Gasteiger partial charge in [-0.05, 0) is 37.1 Å². The second-order valence-corrected chi connectivity index (χ2v) is 5.80. The van der Waals surface area contributed by atoms with Crippen molar-refractivity contribution in [1.82, 2.24) is 0 Å². The highest BCUT2D eigenvalue weighted by Gasteiger charge is 2.27. The van der Waals surface area contributed by atoms with E-state index in [4.69, 9.17) is 9.47 Å². The number of carbonyl (C=O) groups is 1. The summed E-state index contributed by atoms with van der Waals surface area (Å²) in [6.45, 7) is 2.61. The fourth-order valence-electron chi connectivity index (χ4n) is 3.04. The predicted molar refractivity (Wildman–Crippen MR) is 95.1 cm³/mol. The summed E-state index contributed by atoms with van der Waals surface area (Å²) >= 11 is 0. The van der Waals surface area contributed by atoms with Gasteiger partial charge in [-0.1, -0.05) is 18.2 Å². The van der Waals surface area contributed by atoms with Gasteiger partial charge in [0.2, 0.25) is 5.91 Å². The topological polar surface area (TPSA) is 50.8 Å². The number of nitrogens with zero attached hydrogens (tertiary/aromatic N) is 1. The molecule has 2 aromatic rings. The fourth-order valence-corrected chi connectivity index (χ4v) is 3.04. The standard InChI is InChI=1S/C19H22N2O3/c1-13(20-15-8-9-17(23-2)18(12-15)24-3)19(22)21-11-10-14-6-4-5-7-16(14)21/h4-9,12-13,20H,10-11H2,1-3H3. The van der Waals surface area contributed by atoms with Crippen LogP contribution in [0.1, 0.15) is 12.5 Å². The Morgan fingerprint density at radius 1 is 1.12 bits per heavy atom. The molecular formula is C19H22N2O3. The lowest BCUT2D eigenvalue weighted by Crippen LogP contribution is -2.40. The van der Waals surface area contributed by atoms with Crippen LogP contribution in [0.15, 0.2) is 42.5 Å². The molecule has 1 unspecified atom stereocenters. The average molecular weight is 326 g/mol. The third-order valence-electron chi connectivity index (χ3n) is 4.29. The number of anilines is 2. The van der Waals surface area contributed by atoms with E-state index < -0.39 is 0 Å². The van der Waals surface area contributed by atoms with Gasteiger partial charge in [0, 0.05) is 24.0 Å². The van der Waals surface area contributed by atoms with Gasteiger partial charge >= 0.3 is 0 Å². The predicted octanol–water partition coefficient (Wildman–Crippen LogP) is 3.09. The van der Waals surface area contributed by atoms with Crippen LogP contribution >= 0.6 is 0 Å². The molecule has 24 heavy (non-hydrogen) atoms. The molecule has 5 nitrogen and oxygen atoms in total. The van der Waals surface area contributed by atoms with Gasteiger partial charge in [0.05, 0.1) is 14.2 Å². The van der Waals surface area contributed by atoms with E-state index in [1.54, 1.807) is 14.2 Å². The largest absolute Gasteiger partial charge is 0.493 e. The number of benzene rings is 2. The number of amides is 1. The highest BCUT2D eigenvalue weighted by molar-refractivity contribution is 6.00. The number of ether oxygens (including phenoxy) is 2. The SMILES string of the molecule is COc1ccc(NC(C)C(=O)N2CCc3ccccc32)cc1OC. The molecule has 0 fully saturated rings. The smallest absolute Gasteiger partial charge is 0.249 e. The summed E-state index contributed by atoms with van der Waals surface area (Å²) in [5, 5.41) is 3.25. The maximum absolute atomic E-state index is 12.8. The zero-order valence-electron chi connectivity index (χ0n) is 14.2. The van der Waals surface area contributed by atoms with Crippen LogP contribution in [-0.2, 0) is 11.2 Å². The molecule has 1 atom stereocenters. The summed E-state index contributed by atoms with van der Waals surface area (Å²) in [5.74, 6) is 1.36. The van der Waals surface area contributed by atoms with Gasteiger partial charge in [-0.15, -0.1) is 0 Å². The van der Waals surface area contributed by atoms with Gasteiger partial charge in [-0.3, -0.25) is 4.79 Å². The Morgan fingerprint density at radius 3 is 2.62 bits per heavy atom. The number of rotatable bonds is 5. The fraction of sp³-hybridized carbons (Fsp3) is 0.316. The summed E-state index contributed by atoms with van der Waals surface area (Å²) in [6.07, 6.45) is 0.908. The Labute approximate surface area is 142 Å². The number of para-hydroxylation sites is 1. The molecule has 0 aliphatic carbocycles. The summed E-state index contributed by atoms with van der Waals surface area (Å²) in [7, 11) is 3.19. The number of hydrogen-bond acceptors (Lipinski definition) is 4. The summed E-state index contributed by atoms with van der Waals surface area (Å²) in [5.41, 5.74) is 3.06. The number of fused-ring (bicyclic) bond motifs is 1. The van der Waals surface area contributed by atoms with E-state index in [2.05, 4.69) is 11.4 Å². The van der Waals surface area contributed by atoms with Crippen LogP contribution < -0.4 is 19.7 Å². The van der Waals surface area contributed by atoms with Crippen molar-refractivity contribution in [2.75, 3.05) is 31.0 Å². The molecule has 0 radical (unpaired) electrons. The molecule has 1 aliphatic heterocycles. The molecule has 1 amide bonds. The lowest BCUT2D eigenvalue weighted by atomic mass is 10.2. The first-order chi connectivity index (χ1) is 11.6. The average Bonchev–Trinajstić information content (AvgIpc) is 3.04. The monoisotopic (exact) mass is 326 g/mol. The first-order valence-electron chi connectivity index (χ1n) is 8.02. The minimum absolute atomic E-state index is 0.0646. The quantitative estimate of drug-likeness (QED) is 0.917. The van der Waals surface area contributed by atoms with Crippen molar-refractivity contribution in [3.63, 3.8) is 0 Å². The second kappa shape index (κ2) is 6.83. The van der Waals surface area contributed by atoms with E-state index in [-0.39, 0.29) is 11.9 Å². The first kappa shape index (κ1) is 16.2. The number of nitrogens with one attached hydrogen (secondary N) is 1. The zero-order chi connectivity index (χ0) is 17.1. The Kier molecular flexibility index (Phi) is 4.60. The molecule has 1 heterocycles. The summed E-state index contributed by atoms with van der Waals surface area (Å²) in [6, 6.07) is 13.3. The van der Waals surface area contributed by atoms with E-state index in [0.717, 1.165) is 24.3 Å². The van der Waals surface area contributed by atoms with Crippen molar-refractivity contribution in [2.24, 2.45) is 0 Å². The maximum Gasteiger partial charge on any atom is 0.249 e. The Hall–Kier alpha value is -2.69. The third-order valence-corrected chi connectivity index (χ3v) is 4.29. The normalized spacial score (nSPS) is 14.0. The van der Waals surface area contributed by atoms with Gasteiger partial charge in [0.1, 0.15) is 6.04 Å². The van der Waals surface area contributed by atoms with Crippen LogP contribution in [0.2, 0.25) is 0 Å². The molecule has 1 aliphatic rings. The van der Waals surface area contributed by atoms with Crippen LogP contribution in [0.5, 0.6) is 11.5 Å². The van der Waals surface area contributed by atoms with Crippen LogP contribution in [0.3, 0.4) is 0 Å². The van der Waals surface area contributed by atoms with Crippen molar-refractivity contribution in [1.29, 1.82) is 0 Å². The Morgan fingerprint density at radius 2 is 1.88 bits per heavy atom. The maximum atomic E-state index is 12.8. The molecule has 1 N–H and O–H groups in total. The minimum atomic E-state index is -0.339. The molecule has 0 saturated heterocycles. The summed E-state index contributed by atoms with van der Waals surface area (Å²) < 4.78 is 10.5. The lowest BCUT2D eigenvalue weighted by Gasteiger charge is -2.23. The van der Waals surface area contributed by atoms with Crippen molar-refractivity contribution in [2.45, 2.75) is 19.4 Å². The van der Waals surface area contributed by atoms with Gasteiger partial charge in [-0.2, -0.15) is 0 Å². The first-order valence-corrected chi connectivity index (χ1v) is 8.02. The minimum Gasteiger partial charge on any atom is -0.493 e. The van der Waals surface area contributed by atoms with E-state index >= 15 is 0 Å². The van der Waals surface area contributed by atoms with Crippen LogP contribution in [0.4, 0.5) is 11.4 Å². The second-order valence-electron chi connectivity index (χ2n) is 5.80. The molecular weight excluding hydrogens is 304 g/mol. The highest BCUT2D eigenvalue weighted by atomic mass is 16.5. The van der Waals surface area contributed by atoms with Crippen molar-refractivity contribution >= 4 is 17.3 Å². The molecule has 0 spiro atoms. The molecule has 2 aromatic carbocycles. The molecule has 5 heteroatoms. The molecule has 0 aromatic heterocycles. The molecule has 0 saturated carbocycles. The van der Waals surface area contributed by atoms with Crippen molar-refractivity contribution < 1.29 is 14.3 Å². The van der Waals surface area contributed by atoms with E-state index in [0.29, 0.717) is 11.5 Å². The number of hydrogen-bond donors (Lipinski definition) is 1. The van der Waals surface area contributed by atoms with Gasteiger partial charge in [0.15, 0.2) is 11.5 Å². The molecule has 0 bridgehead atoms. The molecule has 126 valence electrons. The Balaban J connectivity index is 1.73. The van der Waals surface area contributed by atoms with Crippen LogP contribution in [0.25, 0.3) is 0 Å². The van der Waals surface area contributed by atoms with Crippen LogP contribution in [0, 0.1) is 0 Å². The number of carbonyl (C=O) groups excluding carboxylic acids is 1. The van der Waals surface area contributed by atoms with Gasteiger partial charge < -0.3 is 19.7 Å². The zero-order valence-corrected chi connectivity index (χ0v) is 14.2. The molecule has 3 rings (SSSR count). The van der Waals surface area contributed by atoms with E-state index in [1.807, 2.05) is 48.2 Å². The summed E-state index contributed by atoms with van der Waals surface area (Å²) in [4.78, 5) is 14.7. The Bertz CT molecular complexity index is 745. The van der Waals surface area contributed by atoms with E-state index in [1.165, 1.54) is 5.56 Å². The van der Waals surface area contributed by atoms with E-state index in [9.17, 15) is 4.79 Å². The van der Waals surface area contributed by atoms with Crippen LogP contribution in [-0.4, -0.2) is 32.7 Å². The van der Waals surface area contributed by atoms with Crippen molar-refractivity contribution in [3.8, 4) is 11.5 Å². The van der Waals surface area contributed by atoms with Gasteiger partial charge in [0.25, 0.3) is 0 Å². The number of methoxy groups -OCH3 is 2. The van der Waals surface area contributed by atoms with Gasteiger partial charge in [-0.25, -0.2) is 0 Å². The van der Waals surface area contributed by atoms with Crippen molar-refractivity contribution in [3.05, 3.63) is 48.0 Å². The lowest BCUT2D eigenvalue weighted by molar-refractivity contribution is -0.118.